The van der Waals surface area contributed by atoms with Crippen LogP contribution in [0.4, 0.5) is 0 Å². The van der Waals surface area contributed by atoms with Crippen LogP contribution in [-0.2, 0) is 16.1 Å². The topological polar surface area (TPSA) is 58.6 Å². The van der Waals surface area contributed by atoms with Crippen LogP contribution in [0.3, 0.4) is 0 Å². The van der Waals surface area contributed by atoms with Crippen LogP contribution in [0, 0.1) is 19.8 Å². The van der Waals surface area contributed by atoms with Crippen molar-refractivity contribution < 1.29 is 14.3 Å². The van der Waals surface area contributed by atoms with Gasteiger partial charge in [0.2, 0.25) is 5.91 Å². The second kappa shape index (κ2) is 12.6. The van der Waals surface area contributed by atoms with Gasteiger partial charge in [0.25, 0.3) is 5.91 Å². The molecule has 2 aromatic rings. The summed E-state index contributed by atoms with van der Waals surface area (Å²) >= 11 is 15.8. The van der Waals surface area contributed by atoms with Crippen LogP contribution >= 0.6 is 39.1 Å². The van der Waals surface area contributed by atoms with Crippen LogP contribution in [0.15, 0.2) is 34.8 Å². The Balaban J connectivity index is 2.26. The van der Waals surface area contributed by atoms with Crippen molar-refractivity contribution in [2.45, 2.75) is 53.6 Å². The molecule has 180 valence electrons. The van der Waals surface area contributed by atoms with Crippen LogP contribution in [0.1, 0.15) is 43.9 Å². The molecular formula is C25H31BrCl2N2O3. The van der Waals surface area contributed by atoms with E-state index in [1.165, 1.54) is 0 Å². The number of nitrogens with one attached hydrogen (secondary N) is 1. The zero-order valence-electron chi connectivity index (χ0n) is 19.7. The van der Waals surface area contributed by atoms with Crippen LogP contribution < -0.4 is 10.1 Å². The van der Waals surface area contributed by atoms with Gasteiger partial charge in [-0.2, -0.15) is 0 Å². The lowest BCUT2D eigenvalue weighted by Crippen LogP contribution is -2.50. The van der Waals surface area contributed by atoms with Crippen molar-refractivity contribution in [3.8, 4) is 5.75 Å². The molecule has 0 fully saturated rings. The third-order valence-electron chi connectivity index (χ3n) is 5.18. The van der Waals surface area contributed by atoms with Gasteiger partial charge in [0, 0.05) is 17.6 Å². The highest BCUT2D eigenvalue weighted by Crippen LogP contribution is 2.27. The van der Waals surface area contributed by atoms with Crippen molar-refractivity contribution in [2.75, 3.05) is 13.2 Å². The molecule has 0 aliphatic carbocycles. The number of nitrogens with zero attached hydrogens (tertiary/aromatic N) is 1. The fraction of sp³-hybridized carbons (Fsp3) is 0.440. The number of amides is 2. The fourth-order valence-electron chi connectivity index (χ4n) is 3.39. The minimum atomic E-state index is -0.636. The Bertz CT molecular complexity index is 975. The highest BCUT2D eigenvalue weighted by Gasteiger charge is 2.29. The third-order valence-corrected chi connectivity index (χ3v) is 7.17. The number of benzene rings is 2. The summed E-state index contributed by atoms with van der Waals surface area (Å²) in [6.07, 6.45) is 0.466. The summed E-state index contributed by atoms with van der Waals surface area (Å²) in [5.74, 6) is 0.437. The molecule has 0 bridgehead atoms. The zero-order valence-corrected chi connectivity index (χ0v) is 22.8. The summed E-state index contributed by atoms with van der Waals surface area (Å²) in [5.41, 5.74) is 2.82. The van der Waals surface area contributed by atoms with Gasteiger partial charge < -0.3 is 15.0 Å². The Morgan fingerprint density at radius 3 is 2.27 bits per heavy atom. The van der Waals surface area contributed by atoms with Crippen LogP contribution in [0.2, 0.25) is 10.0 Å². The van der Waals surface area contributed by atoms with E-state index in [-0.39, 0.29) is 25.0 Å². The number of rotatable bonds is 10. The van der Waals surface area contributed by atoms with E-state index in [9.17, 15) is 9.59 Å². The Labute approximate surface area is 214 Å². The minimum Gasteiger partial charge on any atom is -0.484 e. The molecule has 2 rings (SSSR count). The van der Waals surface area contributed by atoms with E-state index in [2.05, 4.69) is 21.2 Å². The molecular weight excluding hydrogens is 527 g/mol. The molecule has 1 N–H and O–H groups in total. The molecule has 0 spiro atoms. The highest BCUT2D eigenvalue weighted by atomic mass is 79.9. The molecule has 0 saturated heterocycles. The van der Waals surface area contributed by atoms with E-state index in [4.69, 9.17) is 27.9 Å². The van der Waals surface area contributed by atoms with E-state index in [0.717, 1.165) is 21.2 Å². The van der Waals surface area contributed by atoms with Crippen molar-refractivity contribution >= 4 is 50.9 Å². The minimum absolute atomic E-state index is 0.185. The molecule has 1 atom stereocenters. The first-order valence-electron chi connectivity index (χ1n) is 10.9. The average Bonchev–Trinajstić information content (AvgIpc) is 2.76. The molecule has 8 heteroatoms. The first-order chi connectivity index (χ1) is 15.5. The van der Waals surface area contributed by atoms with Gasteiger partial charge in [-0.05, 0) is 67.1 Å². The lowest BCUT2D eigenvalue weighted by molar-refractivity contribution is -0.143. The Morgan fingerprint density at radius 1 is 1.09 bits per heavy atom. The van der Waals surface area contributed by atoms with E-state index >= 15 is 0 Å². The van der Waals surface area contributed by atoms with Gasteiger partial charge >= 0.3 is 0 Å². The summed E-state index contributed by atoms with van der Waals surface area (Å²) in [6.45, 7) is 10.4. The van der Waals surface area contributed by atoms with Crippen LogP contribution in [-0.4, -0.2) is 35.9 Å². The first kappa shape index (κ1) is 27.5. The fourth-order valence-corrected chi connectivity index (χ4v) is 3.94. The van der Waals surface area contributed by atoms with E-state index in [0.29, 0.717) is 34.7 Å². The maximum Gasteiger partial charge on any atom is 0.261 e. The quantitative estimate of drug-likeness (QED) is 0.371. The number of hydrogen-bond acceptors (Lipinski definition) is 3. The number of aryl methyl sites for hydroxylation is 2. The average molecular weight is 558 g/mol. The van der Waals surface area contributed by atoms with Gasteiger partial charge in [-0.25, -0.2) is 0 Å². The van der Waals surface area contributed by atoms with Crippen molar-refractivity contribution in [2.24, 2.45) is 5.92 Å². The number of halogens is 3. The standard InChI is InChI=1S/C25H31BrCl2N2O3/c1-6-22(25(32)29-12-15(2)3)30(13-18-7-8-20(27)21(28)11-18)23(31)14-33-19-9-16(4)24(26)17(5)10-19/h7-11,15,22H,6,12-14H2,1-5H3,(H,29,32)/t22-/m0/s1. The molecule has 0 heterocycles. The molecule has 2 amide bonds. The second-order valence-electron chi connectivity index (χ2n) is 8.49. The van der Waals surface area contributed by atoms with Gasteiger partial charge in [-0.3, -0.25) is 9.59 Å². The van der Waals surface area contributed by atoms with Crippen molar-refractivity contribution in [3.63, 3.8) is 0 Å². The van der Waals surface area contributed by atoms with E-state index < -0.39 is 6.04 Å². The summed E-state index contributed by atoms with van der Waals surface area (Å²) in [7, 11) is 0. The predicted molar refractivity (Wildman–Crippen MR) is 138 cm³/mol. The normalized spacial score (nSPS) is 11.9. The monoisotopic (exact) mass is 556 g/mol. The second-order valence-corrected chi connectivity index (χ2v) is 10.1. The Morgan fingerprint density at radius 2 is 1.73 bits per heavy atom. The molecule has 0 unspecified atom stereocenters. The van der Waals surface area contributed by atoms with Gasteiger partial charge in [0.1, 0.15) is 11.8 Å². The largest absolute Gasteiger partial charge is 0.484 e. The van der Waals surface area contributed by atoms with Crippen molar-refractivity contribution in [3.05, 3.63) is 61.5 Å². The lowest BCUT2D eigenvalue weighted by Gasteiger charge is -2.31. The predicted octanol–water partition coefficient (Wildman–Crippen LogP) is 6.33. The molecule has 0 aliphatic rings. The molecule has 33 heavy (non-hydrogen) atoms. The van der Waals surface area contributed by atoms with Crippen molar-refractivity contribution in [1.82, 2.24) is 10.2 Å². The summed E-state index contributed by atoms with van der Waals surface area (Å²) in [6, 6.07) is 8.31. The van der Waals surface area contributed by atoms with Crippen molar-refractivity contribution in [1.29, 1.82) is 0 Å². The number of hydrogen-bond donors (Lipinski definition) is 1. The number of carbonyl (C=O) groups is 2. The molecule has 5 nitrogen and oxygen atoms in total. The summed E-state index contributed by atoms with van der Waals surface area (Å²) in [4.78, 5) is 27.8. The SMILES string of the molecule is CC[C@@H](C(=O)NCC(C)C)N(Cc1ccc(Cl)c(Cl)c1)C(=O)COc1cc(C)c(Br)c(C)c1. The molecule has 0 aliphatic heterocycles. The third kappa shape index (κ3) is 7.90. The molecule has 0 saturated carbocycles. The Hall–Kier alpha value is -1.76. The van der Waals surface area contributed by atoms with Gasteiger partial charge in [0.05, 0.1) is 10.0 Å². The van der Waals surface area contributed by atoms with Gasteiger partial charge in [0.15, 0.2) is 6.61 Å². The summed E-state index contributed by atoms with van der Waals surface area (Å²) in [5, 5.41) is 3.78. The highest BCUT2D eigenvalue weighted by molar-refractivity contribution is 9.10. The van der Waals surface area contributed by atoms with Crippen LogP contribution in [0.25, 0.3) is 0 Å². The van der Waals surface area contributed by atoms with Gasteiger partial charge in [-0.15, -0.1) is 0 Å². The smallest absolute Gasteiger partial charge is 0.261 e. The van der Waals surface area contributed by atoms with Crippen LogP contribution in [0.5, 0.6) is 5.75 Å². The molecule has 2 aromatic carbocycles. The first-order valence-corrected chi connectivity index (χ1v) is 12.5. The maximum absolute atomic E-state index is 13.3. The van der Waals surface area contributed by atoms with E-state index in [1.54, 1.807) is 23.1 Å². The lowest BCUT2D eigenvalue weighted by atomic mass is 10.1. The summed E-state index contributed by atoms with van der Waals surface area (Å²) < 4.78 is 6.84. The Kier molecular flexibility index (Phi) is 10.5. The van der Waals surface area contributed by atoms with E-state index in [1.807, 2.05) is 46.8 Å². The number of carbonyl (C=O) groups excluding carboxylic acids is 2. The zero-order chi connectivity index (χ0) is 24.7. The van der Waals surface area contributed by atoms with Gasteiger partial charge in [-0.1, -0.05) is 66.0 Å². The molecule has 0 radical (unpaired) electrons. The molecule has 0 aromatic heterocycles. The maximum atomic E-state index is 13.3. The number of ether oxygens (including phenoxy) is 1.